The van der Waals surface area contributed by atoms with Gasteiger partial charge in [-0.2, -0.15) is 0 Å². The molecule has 4 heteroatoms. The summed E-state index contributed by atoms with van der Waals surface area (Å²) in [5, 5.41) is 0. The van der Waals surface area contributed by atoms with Crippen molar-refractivity contribution in [2.45, 2.75) is 43.9 Å². The smallest absolute Gasteiger partial charge is 0.0730 e. The normalized spacial score (nSPS) is 25.2. The van der Waals surface area contributed by atoms with E-state index in [4.69, 9.17) is 4.78 Å². The monoisotopic (exact) mass is 238 g/mol. The maximum absolute atomic E-state index is 12.1. The van der Waals surface area contributed by atoms with Gasteiger partial charge in [-0.3, -0.25) is 4.98 Å². The average molecular weight is 238 g/mol. The zero-order valence-electron chi connectivity index (χ0n) is 10.0. The van der Waals surface area contributed by atoms with Crippen molar-refractivity contribution in [2.75, 3.05) is 5.75 Å². The van der Waals surface area contributed by atoms with Gasteiger partial charge in [-0.1, -0.05) is 20.8 Å². The van der Waals surface area contributed by atoms with Gasteiger partial charge in [0.1, 0.15) is 0 Å². The van der Waals surface area contributed by atoms with E-state index in [0.717, 1.165) is 29.0 Å². The first kappa shape index (κ1) is 11.6. The topological polar surface area (TPSA) is 53.8 Å². The standard InChI is InChI=1S/C12H18N2OS/c1-12(2,3)11-7-10-9(8-14-11)5-4-6-16(10,13)15/h7-8,13H,4-6H2,1-3H3. The van der Waals surface area contributed by atoms with Gasteiger partial charge in [0.15, 0.2) is 0 Å². The van der Waals surface area contributed by atoms with Gasteiger partial charge in [0.05, 0.1) is 14.6 Å². The van der Waals surface area contributed by atoms with Crippen molar-refractivity contribution in [1.82, 2.24) is 4.98 Å². The molecule has 0 radical (unpaired) electrons. The third kappa shape index (κ3) is 1.98. The molecule has 1 aliphatic rings. The molecular formula is C12H18N2OS. The summed E-state index contributed by atoms with van der Waals surface area (Å²) in [6.45, 7) is 6.24. The molecule has 1 aliphatic heterocycles. The Labute approximate surface area is 97.3 Å². The number of fused-ring (bicyclic) bond motifs is 1. The van der Waals surface area contributed by atoms with E-state index in [0.29, 0.717) is 5.75 Å². The highest BCUT2D eigenvalue weighted by atomic mass is 32.2. The summed E-state index contributed by atoms with van der Waals surface area (Å²) in [5.74, 6) is 0.494. The third-order valence-corrected chi connectivity index (χ3v) is 4.90. The first-order chi connectivity index (χ1) is 7.31. The highest BCUT2D eigenvalue weighted by Crippen LogP contribution is 2.29. The molecule has 0 saturated heterocycles. The molecule has 0 spiro atoms. The fraction of sp³-hybridized carbons (Fsp3) is 0.583. The Morgan fingerprint density at radius 1 is 1.44 bits per heavy atom. The van der Waals surface area contributed by atoms with E-state index in [1.807, 2.05) is 12.3 Å². The zero-order valence-corrected chi connectivity index (χ0v) is 10.9. The number of hydrogen-bond acceptors (Lipinski definition) is 3. The quantitative estimate of drug-likeness (QED) is 0.755. The highest BCUT2D eigenvalue weighted by Gasteiger charge is 2.24. The van der Waals surface area contributed by atoms with Gasteiger partial charge in [-0.15, -0.1) is 0 Å². The van der Waals surface area contributed by atoms with E-state index in [9.17, 15) is 4.21 Å². The minimum absolute atomic E-state index is 0.0536. The van der Waals surface area contributed by atoms with Gasteiger partial charge in [-0.05, 0) is 24.5 Å². The average Bonchev–Trinajstić information content (AvgIpc) is 2.15. The van der Waals surface area contributed by atoms with Crippen molar-refractivity contribution in [3.63, 3.8) is 0 Å². The number of aryl methyl sites for hydroxylation is 1. The van der Waals surface area contributed by atoms with Crippen LogP contribution >= 0.6 is 0 Å². The summed E-state index contributed by atoms with van der Waals surface area (Å²) in [6.07, 6.45) is 3.55. The van der Waals surface area contributed by atoms with Crippen LogP contribution in [-0.4, -0.2) is 14.9 Å². The van der Waals surface area contributed by atoms with Crippen LogP contribution in [0, 0.1) is 4.78 Å². The predicted octanol–water partition coefficient (Wildman–Crippen LogP) is 2.73. The Bertz CT molecular complexity index is 512. The Hall–Kier alpha value is -0.900. The maximum atomic E-state index is 12.1. The third-order valence-electron chi connectivity index (χ3n) is 2.95. The van der Waals surface area contributed by atoms with E-state index in [1.54, 1.807) is 0 Å². The molecule has 1 atom stereocenters. The van der Waals surface area contributed by atoms with Crippen LogP contribution in [0.4, 0.5) is 0 Å². The van der Waals surface area contributed by atoms with Crippen molar-refractivity contribution in [2.24, 2.45) is 0 Å². The lowest BCUT2D eigenvalue weighted by Crippen LogP contribution is -2.19. The van der Waals surface area contributed by atoms with E-state index in [-0.39, 0.29) is 5.41 Å². The number of nitrogens with one attached hydrogen (secondary N) is 1. The second-order valence-corrected chi connectivity index (χ2v) is 7.61. The Morgan fingerprint density at radius 2 is 2.12 bits per heavy atom. The molecule has 0 aliphatic carbocycles. The second-order valence-electron chi connectivity index (χ2n) is 5.41. The van der Waals surface area contributed by atoms with Crippen LogP contribution in [0.5, 0.6) is 0 Å². The fourth-order valence-corrected chi connectivity index (χ4v) is 3.60. The molecule has 1 aromatic heterocycles. The summed E-state index contributed by atoms with van der Waals surface area (Å²) < 4.78 is 20.1. The van der Waals surface area contributed by atoms with Crippen LogP contribution in [-0.2, 0) is 21.6 Å². The van der Waals surface area contributed by atoms with Crippen LogP contribution < -0.4 is 0 Å². The van der Waals surface area contributed by atoms with Gasteiger partial charge in [0, 0.05) is 23.1 Å². The fourth-order valence-electron chi connectivity index (χ4n) is 1.95. The summed E-state index contributed by atoms with van der Waals surface area (Å²) in [5.41, 5.74) is 1.87. The van der Waals surface area contributed by atoms with E-state index in [1.165, 1.54) is 0 Å². The zero-order chi connectivity index (χ0) is 12.0. The van der Waals surface area contributed by atoms with E-state index < -0.39 is 9.73 Å². The Kier molecular flexibility index (Phi) is 2.57. The lowest BCUT2D eigenvalue weighted by molar-refractivity contribution is 0.564. The molecule has 0 saturated carbocycles. The molecule has 0 aromatic carbocycles. The highest BCUT2D eigenvalue weighted by molar-refractivity contribution is 7.92. The van der Waals surface area contributed by atoms with Crippen LogP contribution in [0.25, 0.3) is 0 Å². The SMILES string of the molecule is CC(C)(C)c1cc2c(cn1)CCCS2(=N)=O. The summed E-state index contributed by atoms with van der Waals surface area (Å²) >= 11 is 0. The second kappa shape index (κ2) is 3.55. The largest absolute Gasteiger partial charge is 0.260 e. The molecule has 16 heavy (non-hydrogen) atoms. The molecule has 2 heterocycles. The number of pyridine rings is 1. The minimum Gasteiger partial charge on any atom is -0.260 e. The van der Waals surface area contributed by atoms with Crippen LogP contribution in [0.1, 0.15) is 38.4 Å². The van der Waals surface area contributed by atoms with E-state index in [2.05, 4.69) is 25.8 Å². The van der Waals surface area contributed by atoms with Gasteiger partial charge in [0.2, 0.25) is 0 Å². The molecule has 3 nitrogen and oxygen atoms in total. The van der Waals surface area contributed by atoms with Gasteiger partial charge in [0.25, 0.3) is 0 Å². The first-order valence-corrected chi connectivity index (χ1v) is 7.29. The lowest BCUT2D eigenvalue weighted by atomic mass is 9.91. The summed E-state index contributed by atoms with van der Waals surface area (Å²) in [7, 11) is -2.56. The number of rotatable bonds is 0. The van der Waals surface area contributed by atoms with Crippen LogP contribution in [0.15, 0.2) is 17.2 Å². The molecule has 1 unspecified atom stereocenters. The first-order valence-electron chi connectivity index (χ1n) is 5.56. The van der Waals surface area contributed by atoms with Crippen molar-refractivity contribution in [3.8, 4) is 0 Å². The Morgan fingerprint density at radius 3 is 2.75 bits per heavy atom. The van der Waals surface area contributed by atoms with Crippen LogP contribution in [0.2, 0.25) is 0 Å². The van der Waals surface area contributed by atoms with Crippen molar-refractivity contribution < 1.29 is 4.21 Å². The molecule has 2 rings (SSSR count). The number of nitrogens with zero attached hydrogens (tertiary/aromatic N) is 1. The lowest BCUT2D eigenvalue weighted by Gasteiger charge is -2.23. The summed E-state index contributed by atoms with van der Waals surface area (Å²) in [6, 6.07) is 1.88. The molecule has 0 fully saturated rings. The minimum atomic E-state index is -2.56. The number of hydrogen-bond donors (Lipinski definition) is 1. The van der Waals surface area contributed by atoms with Crippen molar-refractivity contribution in [3.05, 3.63) is 23.5 Å². The van der Waals surface area contributed by atoms with Crippen LogP contribution in [0.3, 0.4) is 0 Å². The maximum Gasteiger partial charge on any atom is 0.0730 e. The van der Waals surface area contributed by atoms with Gasteiger partial charge >= 0.3 is 0 Å². The molecule has 0 amide bonds. The predicted molar refractivity (Wildman–Crippen MR) is 65.3 cm³/mol. The molecule has 0 bridgehead atoms. The molecule has 1 N–H and O–H groups in total. The summed E-state index contributed by atoms with van der Waals surface area (Å²) in [4.78, 5) is 5.14. The molecule has 88 valence electrons. The van der Waals surface area contributed by atoms with Crippen molar-refractivity contribution >= 4 is 9.73 Å². The molecular weight excluding hydrogens is 220 g/mol. The number of aromatic nitrogens is 1. The molecule has 1 aromatic rings. The Balaban J connectivity index is 2.61. The van der Waals surface area contributed by atoms with E-state index >= 15 is 0 Å². The van der Waals surface area contributed by atoms with Gasteiger partial charge < -0.3 is 0 Å². The van der Waals surface area contributed by atoms with Gasteiger partial charge in [-0.25, -0.2) is 8.99 Å². The van der Waals surface area contributed by atoms with Crippen molar-refractivity contribution in [1.29, 1.82) is 4.78 Å².